The van der Waals surface area contributed by atoms with Crippen LogP contribution in [0.3, 0.4) is 0 Å². The summed E-state index contributed by atoms with van der Waals surface area (Å²) in [4.78, 5) is 14.9. The molecule has 0 spiro atoms. The smallest absolute Gasteiger partial charge is 0.241 e. The lowest BCUT2D eigenvalue weighted by Crippen LogP contribution is -2.28. The lowest BCUT2D eigenvalue weighted by molar-refractivity contribution is -0.115. The van der Waals surface area contributed by atoms with Crippen LogP contribution in [0.25, 0.3) is 10.8 Å². The number of pyridine rings is 1. The fourth-order valence-electron chi connectivity index (χ4n) is 1.60. The Morgan fingerprint density at radius 3 is 2.83 bits per heavy atom. The molecule has 0 saturated carbocycles. The Morgan fingerprint density at radius 1 is 1.33 bits per heavy atom. The number of fused-ring (bicyclic) bond motifs is 1. The third-order valence-electron chi connectivity index (χ3n) is 2.44. The minimum atomic E-state index is -3.68. The zero-order valence-electron chi connectivity index (χ0n) is 9.75. The van der Waals surface area contributed by atoms with E-state index in [1.165, 1.54) is 19.2 Å². The topological polar surface area (TPSA) is 76.1 Å². The summed E-state index contributed by atoms with van der Waals surface area (Å²) in [6.07, 6.45) is 3.13. The lowest BCUT2D eigenvalue weighted by Gasteiger charge is -2.08. The van der Waals surface area contributed by atoms with Gasteiger partial charge in [0.25, 0.3) is 0 Å². The molecule has 0 amide bonds. The molecule has 0 fully saturated rings. The number of rotatable bonds is 4. The van der Waals surface area contributed by atoms with Crippen molar-refractivity contribution in [3.63, 3.8) is 0 Å². The molecule has 0 aliphatic carbocycles. The zero-order valence-corrected chi connectivity index (χ0v) is 10.6. The molecule has 2 aromatic rings. The number of sulfonamides is 1. The summed E-state index contributed by atoms with van der Waals surface area (Å²) in [5.74, 6) is -0.236. The van der Waals surface area contributed by atoms with Gasteiger partial charge in [-0.1, -0.05) is 12.1 Å². The van der Waals surface area contributed by atoms with Gasteiger partial charge in [0.05, 0.1) is 11.4 Å². The van der Waals surface area contributed by atoms with E-state index in [9.17, 15) is 13.2 Å². The number of benzene rings is 1. The molecule has 0 bridgehead atoms. The summed E-state index contributed by atoms with van der Waals surface area (Å²) in [5, 5.41) is 1.33. The highest BCUT2D eigenvalue weighted by atomic mass is 32.2. The monoisotopic (exact) mass is 264 g/mol. The average Bonchev–Trinajstić information content (AvgIpc) is 2.36. The van der Waals surface area contributed by atoms with Gasteiger partial charge < -0.3 is 0 Å². The Morgan fingerprint density at radius 2 is 2.11 bits per heavy atom. The van der Waals surface area contributed by atoms with Gasteiger partial charge in [0.15, 0.2) is 0 Å². The summed E-state index contributed by atoms with van der Waals surface area (Å²) in [7, 11) is -3.68. The van der Waals surface area contributed by atoms with Crippen LogP contribution in [-0.2, 0) is 14.8 Å². The number of nitrogens with zero attached hydrogens (tertiary/aromatic N) is 1. The molecule has 0 radical (unpaired) electrons. The molecule has 18 heavy (non-hydrogen) atoms. The van der Waals surface area contributed by atoms with Crippen LogP contribution in [-0.4, -0.2) is 25.7 Å². The summed E-state index contributed by atoms with van der Waals surface area (Å²) in [6, 6.07) is 6.57. The molecule has 1 aromatic heterocycles. The van der Waals surface area contributed by atoms with Gasteiger partial charge in [0.2, 0.25) is 10.0 Å². The molecule has 0 atom stereocenters. The van der Waals surface area contributed by atoms with E-state index < -0.39 is 10.0 Å². The second kappa shape index (κ2) is 4.83. The fourth-order valence-corrected chi connectivity index (χ4v) is 2.88. The summed E-state index contributed by atoms with van der Waals surface area (Å²) in [5.41, 5.74) is 0. The van der Waals surface area contributed by atoms with Gasteiger partial charge in [-0.3, -0.25) is 9.78 Å². The van der Waals surface area contributed by atoms with Crippen LogP contribution in [0.15, 0.2) is 41.6 Å². The first-order chi connectivity index (χ1) is 8.50. The van der Waals surface area contributed by atoms with Crippen molar-refractivity contribution in [2.24, 2.45) is 0 Å². The van der Waals surface area contributed by atoms with Crippen LogP contribution < -0.4 is 4.72 Å². The van der Waals surface area contributed by atoms with Gasteiger partial charge >= 0.3 is 0 Å². The summed E-state index contributed by atoms with van der Waals surface area (Å²) in [6.45, 7) is 1.12. The number of ketones is 1. The molecule has 1 aromatic carbocycles. The first-order valence-corrected chi connectivity index (χ1v) is 6.81. The average molecular weight is 264 g/mol. The van der Waals surface area contributed by atoms with E-state index in [1.54, 1.807) is 24.4 Å². The van der Waals surface area contributed by atoms with Crippen molar-refractivity contribution in [2.45, 2.75) is 11.8 Å². The largest absolute Gasteiger partial charge is 0.299 e. The predicted octanol–water partition coefficient (Wildman–Crippen LogP) is 1.10. The van der Waals surface area contributed by atoms with Crippen molar-refractivity contribution in [1.29, 1.82) is 0 Å². The molecule has 0 aliphatic heterocycles. The molecular formula is C12H12N2O3S. The van der Waals surface area contributed by atoms with Gasteiger partial charge in [-0.2, -0.15) is 0 Å². The zero-order chi connectivity index (χ0) is 13.2. The van der Waals surface area contributed by atoms with Crippen molar-refractivity contribution in [3.8, 4) is 0 Å². The van der Waals surface area contributed by atoms with E-state index >= 15 is 0 Å². The minimum absolute atomic E-state index is 0.156. The van der Waals surface area contributed by atoms with E-state index in [-0.39, 0.29) is 17.2 Å². The highest BCUT2D eigenvalue weighted by Crippen LogP contribution is 2.21. The van der Waals surface area contributed by atoms with Crippen molar-refractivity contribution >= 4 is 26.6 Å². The molecule has 0 saturated heterocycles. The normalized spacial score (nSPS) is 11.6. The number of hydrogen-bond acceptors (Lipinski definition) is 4. The van der Waals surface area contributed by atoms with Gasteiger partial charge in [-0.15, -0.1) is 0 Å². The molecular weight excluding hydrogens is 252 g/mol. The molecule has 0 aliphatic rings. The molecule has 6 heteroatoms. The highest BCUT2D eigenvalue weighted by molar-refractivity contribution is 7.89. The molecule has 1 heterocycles. The number of hydrogen-bond donors (Lipinski definition) is 1. The van der Waals surface area contributed by atoms with Gasteiger partial charge in [0.1, 0.15) is 5.78 Å². The molecule has 94 valence electrons. The van der Waals surface area contributed by atoms with Gasteiger partial charge in [0, 0.05) is 23.2 Å². The number of aromatic nitrogens is 1. The van der Waals surface area contributed by atoms with E-state index in [0.29, 0.717) is 5.39 Å². The first kappa shape index (κ1) is 12.7. The number of nitrogens with one attached hydrogen (secondary N) is 1. The van der Waals surface area contributed by atoms with Crippen LogP contribution in [0, 0.1) is 0 Å². The molecule has 1 N–H and O–H groups in total. The first-order valence-electron chi connectivity index (χ1n) is 5.32. The van der Waals surface area contributed by atoms with Crippen molar-refractivity contribution in [1.82, 2.24) is 9.71 Å². The second-order valence-corrected chi connectivity index (χ2v) is 5.61. The van der Waals surface area contributed by atoms with Gasteiger partial charge in [-0.05, 0) is 19.1 Å². The minimum Gasteiger partial charge on any atom is -0.299 e. The maximum atomic E-state index is 12.1. The molecule has 0 unspecified atom stereocenters. The predicted molar refractivity (Wildman–Crippen MR) is 67.6 cm³/mol. The Bertz CT molecular complexity index is 690. The van der Waals surface area contributed by atoms with Crippen LogP contribution >= 0.6 is 0 Å². The Hall–Kier alpha value is -1.79. The van der Waals surface area contributed by atoms with E-state index in [4.69, 9.17) is 0 Å². The Balaban J connectivity index is 2.50. The number of carbonyl (C=O) groups is 1. The third-order valence-corrected chi connectivity index (χ3v) is 3.90. The Kier molecular flexibility index (Phi) is 3.40. The third kappa shape index (κ3) is 2.55. The van der Waals surface area contributed by atoms with E-state index in [0.717, 1.165) is 5.39 Å². The second-order valence-electron chi connectivity index (χ2n) is 3.88. The van der Waals surface area contributed by atoms with Gasteiger partial charge in [-0.25, -0.2) is 13.1 Å². The van der Waals surface area contributed by atoms with Crippen LogP contribution in [0.4, 0.5) is 0 Å². The molecule has 2 rings (SSSR count). The lowest BCUT2D eigenvalue weighted by atomic mass is 10.2. The van der Waals surface area contributed by atoms with Crippen LogP contribution in [0.2, 0.25) is 0 Å². The van der Waals surface area contributed by atoms with E-state index in [1.807, 2.05) is 0 Å². The molecule has 5 nitrogen and oxygen atoms in total. The highest BCUT2D eigenvalue weighted by Gasteiger charge is 2.17. The van der Waals surface area contributed by atoms with Crippen LogP contribution in [0.5, 0.6) is 0 Å². The number of Topliss-reactive ketones (excluding diaryl/α,β-unsaturated/α-hetero) is 1. The van der Waals surface area contributed by atoms with Crippen LogP contribution in [0.1, 0.15) is 6.92 Å². The number of carbonyl (C=O) groups excluding carboxylic acids is 1. The van der Waals surface area contributed by atoms with Crippen molar-refractivity contribution < 1.29 is 13.2 Å². The summed E-state index contributed by atoms with van der Waals surface area (Å²) >= 11 is 0. The van der Waals surface area contributed by atoms with Crippen molar-refractivity contribution in [3.05, 3.63) is 36.7 Å². The standard InChI is InChI=1S/C12H12N2O3S/c1-9(15)7-14-18(16,17)12-4-2-3-10-8-13-6-5-11(10)12/h2-6,8,14H,7H2,1H3. The van der Waals surface area contributed by atoms with E-state index in [2.05, 4.69) is 9.71 Å². The SMILES string of the molecule is CC(=O)CNS(=O)(=O)c1cccc2cnccc12. The quantitative estimate of drug-likeness (QED) is 0.897. The Labute approximate surface area is 105 Å². The maximum absolute atomic E-state index is 12.1. The summed E-state index contributed by atoms with van der Waals surface area (Å²) < 4.78 is 26.4. The maximum Gasteiger partial charge on any atom is 0.241 e. The fraction of sp³-hybridized carbons (Fsp3) is 0.167. The van der Waals surface area contributed by atoms with Crippen molar-refractivity contribution in [2.75, 3.05) is 6.54 Å².